The molecule has 0 radical (unpaired) electrons. The van der Waals surface area contributed by atoms with E-state index in [1.54, 1.807) is 23.4 Å². The second-order valence-electron chi connectivity index (χ2n) is 3.91. The largest absolute Gasteiger partial charge is 0.347 e. The van der Waals surface area contributed by atoms with Gasteiger partial charge in [0, 0.05) is 18.8 Å². The van der Waals surface area contributed by atoms with E-state index in [1.807, 2.05) is 6.92 Å². The van der Waals surface area contributed by atoms with Crippen LogP contribution in [0.4, 0.5) is 0 Å². The van der Waals surface area contributed by atoms with E-state index >= 15 is 0 Å². The summed E-state index contributed by atoms with van der Waals surface area (Å²) in [4.78, 5) is 22.8. The maximum atomic E-state index is 11.8. The number of carbonyl (C=O) groups is 1. The SMILES string of the molecule is CCC(NC(=O)CCn1cncn1)c1ncc[nH]1. The highest BCUT2D eigenvalue weighted by molar-refractivity contribution is 5.76. The van der Waals surface area contributed by atoms with Crippen molar-refractivity contribution < 1.29 is 4.79 Å². The van der Waals surface area contributed by atoms with Crippen LogP contribution in [-0.2, 0) is 11.3 Å². The first kappa shape index (κ1) is 12.3. The molecule has 0 spiro atoms. The zero-order chi connectivity index (χ0) is 12.8. The van der Waals surface area contributed by atoms with Gasteiger partial charge < -0.3 is 10.3 Å². The highest BCUT2D eigenvalue weighted by Gasteiger charge is 2.14. The van der Waals surface area contributed by atoms with Crippen molar-refractivity contribution >= 4 is 5.91 Å². The number of carbonyl (C=O) groups excluding carboxylic acids is 1. The second kappa shape index (κ2) is 5.95. The molecule has 96 valence electrons. The zero-order valence-electron chi connectivity index (χ0n) is 10.2. The molecule has 2 aromatic heterocycles. The molecule has 0 aliphatic rings. The number of hydrogen-bond donors (Lipinski definition) is 2. The lowest BCUT2D eigenvalue weighted by Crippen LogP contribution is -2.29. The number of H-pyrrole nitrogens is 1. The first-order valence-electron chi connectivity index (χ1n) is 5.90. The molecule has 18 heavy (non-hydrogen) atoms. The highest BCUT2D eigenvalue weighted by atomic mass is 16.1. The number of aromatic amines is 1. The van der Waals surface area contributed by atoms with Crippen LogP contribution in [0.5, 0.6) is 0 Å². The smallest absolute Gasteiger partial charge is 0.222 e. The maximum Gasteiger partial charge on any atom is 0.222 e. The number of aromatic nitrogens is 5. The van der Waals surface area contributed by atoms with Crippen molar-refractivity contribution in [2.24, 2.45) is 0 Å². The molecule has 0 bridgehead atoms. The number of rotatable bonds is 6. The van der Waals surface area contributed by atoms with Gasteiger partial charge in [-0.25, -0.2) is 9.97 Å². The lowest BCUT2D eigenvalue weighted by molar-refractivity contribution is -0.122. The highest BCUT2D eigenvalue weighted by Crippen LogP contribution is 2.11. The summed E-state index contributed by atoms with van der Waals surface area (Å²) in [5.74, 6) is 0.764. The Hall–Kier alpha value is -2.18. The Bertz CT molecular complexity index is 464. The molecule has 7 heteroatoms. The Labute approximate surface area is 105 Å². The van der Waals surface area contributed by atoms with E-state index in [2.05, 4.69) is 25.4 Å². The number of nitrogens with one attached hydrogen (secondary N) is 2. The molecular formula is C11H16N6O. The fourth-order valence-corrected chi connectivity index (χ4v) is 1.66. The molecule has 1 amide bonds. The van der Waals surface area contributed by atoms with Gasteiger partial charge in [-0.3, -0.25) is 9.48 Å². The van der Waals surface area contributed by atoms with Crippen LogP contribution in [0.2, 0.25) is 0 Å². The van der Waals surface area contributed by atoms with E-state index in [0.717, 1.165) is 12.2 Å². The van der Waals surface area contributed by atoms with Crippen molar-refractivity contribution in [3.63, 3.8) is 0 Å². The lowest BCUT2D eigenvalue weighted by Gasteiger charge is -2.14. The molecule has 0 saturated heterocycles. The Morgan fingerprint density at radius 3 is 3.11 bits per heavy atom. The summed E-state index contributed by atoms with van der Waals surface area (Å²) >= 11 is 0. The fraction of sp³-hybridized carbons (Fsp3) is 0.455. The van der Waals surface area contributed by atoms with Crippen LogP contribution in [0.1, 0.15) is 31.6 Å². The van der Waals surface area contributed by atoms with E-state index in [4.69, 9.17) is 0 Å². The number of amides is 1. The molecule has 0 aliphatic carbocycles. The molecular weight excluding hydrogens is 232 g/mol. The molecule has 2 rings (SSSR count). The van der Waals surface area contributed by atoms with Crippen molar-refractivity contribution in [1.29, 1.82) is 0 Å². The van der Waals surface area contributed by atoms with Crippen molar-refractivity contribution in [3.8, 4) is 0 Å². The quantitative estimate of drug-likeness (QED) is 0.786. The van der Waals surface area contributed by atoms with E-state index in [-0.39, 0.29) is 11.9 Å². The van der Waals surface area contributed by atoms with Gasteiger partial charge in [0.25, 0.3) is 0 Å². The third-order valence-corrected chi connectivity index (χ3v) is 2.63. The van der Waals surface area contributed by atoms with E-state index in [1.165, 1.54) is 6.33 Å². The van der Waals surface area contributed by atoms with Gasteiger partial charge in [-0.1, -0.05) is 6.92 Å². The van der Waals surface area contributed by atoms with Gasteiger partial charge in [0.1, 0.15) is 18.5 Å². The van der Waals surface area contributed by atoms with Crippen LogP contribution in [0.15, 0.2) is 25.0 Å². The average molecular weight is 248 g/mol. The minimum Gasteiger partial charge on any atom is -0.347 e. The topological polar surface area (TPSA) is 88.5 Å². The Balaban J connectivity index is 1.82. The molecule has 2 N–H and O–H groups in total. The van der Waals surface area contributed by atoms with Gasteiger partial charge in [-0.05, 0) is 6.42 Å². The molecule has 1 atom stereocenters. The van der Waals surface area contributed by atoms with Crippen LogP contribution in [0.25, 0.3) is 0 Å². The first-order valence-corrected chi connectivity index (χ1v) is 5.90. The molecule has 0 aromatic carbocycles. The van der Waals surface area contributed by atoms with Crippen molar-refractivity contribution in [3.05, 3.63) is 30.9 Å². The van der Waals surface area contributed by atoms with Crippen LogP contribution >= 0.6 is 0 Å². The summed E-state index contributed by atoms with van der Waals surface area (Å²) in [6.45, 7) is 2.53. The summed E-state index contributed by atoms with van der Waals surface area (Å²) in [5, 5.41) is 6.88. The van der Waals surface area contributed by atoms with Gasteiger partial charge in [-0.2, -0.15) is 5.10 Å². The van der Waals surface area contributed by atoms with Gasteiger partial charge in [-0.15, -0.1) is 0 Å². The predicted octanol–water partition coefficient (Wildman–Crippen LogP) is 0.659. The monoisotopic (exact) mass is 248 g/mol. The van der Waals surface area contributed by atoms with E-state index in [0.29, 0.717) is 13.0 Å². The zero-order valence-corrected chi connectivity index (χ0v) is 10.2. The average Bonchev–Trinajstić information content (AvgIpc) is 3.05. The third kappa shape index (κ3) is 3.16. The Morgan fingerprint density at radius 2 is 2.50 bits per heavy atom. The van der Waals surface area contributed by atoms with Crippen molar-refractivity contribution in [1.82, 2.24) is 30.0 Å². The molecule has 0 aliphatic heterocycles. The summed E-state index contributed by atoms with van der Waals surface area (Å²) in [6.07, 6.45) is 7.65. The number of imidazole rings is 1. The maximum absolute atomic E-state index is 11.8. The molecule has 2 heterocycles. The van der Waals surface area contributed by atoms with Crippen molar-refractivity contribution in [2.45, 2.75) is 32.4 Å². The van der Waals surface area contributed by atoms with Gasteiger partial charge in [0.05, 0.1) is 12.6 Å². The minimum absolute atomic E-state index is 0.0197. The molecule has 2 aromatic rings. The first-order chi connectivity index (χ1) is 8.79. The van der Waals surface area contributed by atoms with E-state index in [9.17, 15) is 4.79 Å². The van der Waals surface area contributed by atoms with Crippen molar-refractivity contribution in [2.75, 3.05) is 0 Å². The molecule has 7 nitrogen and oxygen atoms in total. The summed E-state index contributed by atoms with van der Waals surface area (Å²) < 4.78 is 1.63. The van der Waals surface area contributed by atoms with E-state index < -0.39 is 0 Å². The van der Waals surface area contributed by atoms with Gasteiger partial charge in [0.2, 0.25) is 5.91 Å². The Kier molecular flexibility index (Phi) is 4.06. The predicted molar refractivity (Wildman–Crippen MR) is 64.4 cm³/mol. The standard InChI is InChI=1S/C11H16N6O/c1-2-9(11-13-4-5-14-11)16-10(18)3-6-17-8-12-7-15-17/h4-5,7-9H,2-3,6H2,1H3,(H,13,14)(H,16,18). The fourth-order valence-electron chi connectivity index (χ4n) is 1.66. The summed E-state index contributed by atoms with van der Waals surface area (Å²) in [6, 6.07) is -0.0664. The normalized spacial score (nSPS) is 12.3. The number of aryl methyl sites for hydroxylation is 1. The van der Waals surface area contributed by atoms with Gasteiger partial charge in [0.15, 0.2) is 0 Å². The number of nitrogens with zero attached hydrogens (tertiary/aromatic N) is 4. The van der Waals surface area contributed by atoms with Gasteiger partial charge >= 0.3 is 0 Å². The third-order valence-electron chi connectivity index (χ3n) is 2.63. The second-order valence-corrected chi connectivity index (χ2v) is 3.91. The number of hydrogen-bond acceptors (Lipinski definition) is 4. The van der Waals surface area contributed by atoms with Crippen LogP contribution in [0.3, 0.4) is 0 Å². The Morgan fingerprint density at radius 1 is 1.61 bits per heavy atom. The van der Waals surface area contributed by atoms with Crippen LogP contribution in [0, 0.1) is 0 Å². The molecule has 0 saturated carbocycles. The summed E-state index contributed by atoms with van der Waals surface area (Å²) in [5.41, 5.74) is 0. The van der Waals surface area contributed by atoms with Crippen LogP contribution in [-0.4, -0.2) is 30.6 Å². The molecule has 1 unspecified atom stereocenters. The lowest BCUT2D eigenvalue weighted by atomic mass is 10.2. The molecule has 0 fully saturated rings. The minimum atomic E-state index is -0.0664. The summed E-state index contributed by atoms with van der Waals surface area (Å²) in [7, 11) is 0. The van der Waals surface area contributed by atoms with Crippen LogP contribution < -0.4 is 5.32 Å².